The fourth-order valence-electron chi connectivity index (χ4n) is 1.39. The fraction of sp³-hybridized carbons (Fsp3) is 0.500. The molecule has 1 aromatic rings. The van der Waals surface area contributed by atoms with Gasteiger partial charge in [0.2, 0.25) is 0 Å². The van der Waals surface area contributed by atoms with Crippen LogP contribution in [0.1, 0.15) is 25.8 Å². The Morgan fingerprint density at radius 3 is 2.60 bits per heavy atom. The SMILES string of the molecule is CC(C)CC(C#N)NCc1ccncc1. The third kappa shape index (κ3) is 4.57. The summed E-state index contributed by atoms with van der Waals surface area (Å²) in [6.45, 7) is 4.98. The van der Waals surface area contributed by atoms with Gasteiger partial charge in [0.15, 0.2) is 0 Å². The number of hydrogen-bond donors (Lipinski definition) is 1. The molecule has 0 aliphatic heterocycles. The molecule has 0 aliphatic carbocycles. The summed E-state index contributed by atoms with van der Waals surface area (Å²) < 4.78 is 0. The van der Waals surface area contributed by atoms with E-state index in [2.05, 4.69) is 30.2 Å². The first-order valence-electron chi connectivity index (χ1n) is 5.24. The number of aromatic nitrogens is 1. The van der Waals surface area contributed by atoms with E-state index in [-0.39, 0.29) is 6.04 Å². The highest BCUT2D eigenvalue weighted by Crippen LogP contribution is 2.05. The molecule has 1 unspecified atom stereocenters. The zero-order valence-corrected chi connectivity index (χ0v) is 9.27. The van der Waals surface area contributed by atoms with Crippen molar-refractivity contribution in [3.63, 3.8) is 0 Å². The molecule has 0 amide bonds. The Morgan fingerprint density at radius 2 is 2.07 bits per heavy atom. The van der Waals surface area contributed by atoms with E-state index in [9.17, 15) is 0 Å². The lowest BCUT2D eigenvalue weighted by atomic mass is 10.0. The average molecular weight is 203 g/mol. The van der Waals surface area contributed by atoms with E-state index in [4.69, 9.17) is 5.26 Å². The molecule has 1 rings (SSSR count). The number of hydrogen-bond acceptors (Lipinski definition) is 3. The van der Waals surface area contributed by atoms with Gasteiger partial charge >= 0.3 is 0 Å². The van der Waals surface area contributed by atoms with Gasteiger partial charge in [-0.25, -0.2) is 0 Å². The number of pyridine rings is 1. The van der Waals surface area contributed by atoms with Crippen LogP contribution >= 0.6 is 0 Å². The Bertz CT molecular complexity index is 313. The van der Waals surface area contributed by atoms with Gasteiger partial charge in [0.05, 0.1) is 12.1 Å². The van der Waals surface area contributed by atoms with E-state index in [0.717, 1.165) is 18.5 Å². The largest absolute Gasteiger partial charge is 0.298 e. The maximum Gasteiger partial charge on any atom is 0.0958 e. The Hall–Kier alpha value is -1.40. The van der Waals surface area contributed by atoms with Crippen molar-refractivity contribution in [3.05, 3.63) is 30.1 Å². The van der Waals surface area contributed by atoms with Crippen LogP contribution in [0.15, 0.2) is 24.5 Å². The van der Waals surface area contributed by atoms with Crippen LogP contribution in [-0.4, -0.2) is 11.0 Å². The highest BCUT2D eigenvalue weighted by atomic mass is 14.9. The van der Waals surface area contributed by atoms with E-state index in [1.807, 2.05) is 12.1 Å². The van der Waals surface area contributed by atoms with Gasteiger partial charge in [0.25, 0.3) is 0 Å². The van der Waals surface area contributed by atoms with Crippen LogP contribution in [-0.2, 0) is 6.54 Å². The van der Waals surface area contributed by atoms with Crippen LogP contribution in [0, 0.1) is 17.2 Å². The summed E-state index contributed by atoms with van der Waals surface area (Å²) in [6, 6.07) is 6.13. The van der Waals surface area contributed by atoms with Crippen molar-refractivity contribution in [1.82, 2.24) is 10.3 Å². The molecular formula is C12H17N3. The molecule has 1 N–H and O–H groups in total. The molecule has 0 radical (unpaired) electrons. The maximum atomic E-state index is 8.93. The summed E-state index contributed by atoms with van der Waals surface area (Å²) in [7, 11) is 0. The Labute approximate surface area is 91.1 Å². The van der Waals surface area contributed by atoms with Gasteiger partial charge in [0.1, 0.15) is 0 Å². The van der Waals surface area contributed by atoms with E-state index in [0.29, 0.717) is 5.92 Å². The van der Waals surface area contributed by atoms with Crippen LogP contribution in [0.2, 0.25) is 0 Å². The summed E-state index contributed by atoms with van der Waals surface area (Å²) >= 11 is 0. The molecule has 1 atom stereocenters. The summed E-state index contributed by atoms with van der Waals surface area (Å²) in [6.07, 6.45) is 4.42. The number of rotatable bonds is 5. The van der Waals surface area contributed by atoms with Gasteiger partial charge < -0.3 is 0 Å². The topological polar surface area (TPSA) is 48.7 Å². The first-order chi connectivity index (χ1) is 7.22. The lowest BCUT2D eigenvalue weighted by molar-refractivity contribution is 0.478. The van der Waals surface area contributed by atoms with E-state index in [1.165, 1.54) is 0 Å². The Kier molecular flexibility index (Phi) is 4.79. The molecule has 3 heteroatoms. The fourth-order valence-corrected chi connectivity index (χ4v) is 1.39. The minimum absolute atomic E-state index is 0.0573. The summed E-state index contributed by atoms with van der Waals surface area (Å²) in [5.74, 6) is 0.541. The molecule has 0 fully saturated rings. The average Bonchev–Trinajstić information content (AvgIpc) is 2.25. The predicted molar refractivity (Wildman–Crippen MR) is 59.9 cm³/mol. The molecule has 15 heavy (non-hydrogen) atoms. The lowest BCUT2D eigenvalue weighted by Gasteiger charge is -2.13. The smallest absolute Gasteiger partial charge is 0.0958 e. The summed E-state index contributed by atoms with van der Waals surface area (Å²) in [5.41, 5.74) is 1.16. The van der Waals surface area contributed by atoms with Crippen LogP contribution in [0.4, 0.5) is 0 Å². The zero-order valence-electron chi connectivity index (χ0n) is 9.27. The van der Waals surface area contributed by atoms with Crippen molar-refractivity contribution < 1.29 is 0 Å². The number of nitrogens with zero attached hydrogens (tertiary/aromatic N) is 2. The summed E-state index contributed by atoms with van der Waals surface area (Å²) in [5, 5.41) is 12.2. The normalized spacial score (nSPS) is 12.4. The molecule has 0 spiro atoms. The molecule has 1 aromatic heterocycles. The number of nitriles is 1. The van der Waals surface area contributed by atoms with Gasteiger partial charge in [-0.05, 0) is 30.0 Å². The molecule has 3 nitrogen and oxygen atoms in total. The number of nitrogens with one attached hydrogen (secondary N) is 1. The molecule has 0 saturated carbocycles. The summed E-state index contributed by atoms with van der Waals surface area (Å²) in [4.78, 5) is 3.95. The van der Waals surface area contributed by atoms with Crippen molar-refractivity contribution >= 4 is 0 Å². The lowest BCUT2D eigenvalue weighted by Crippen LogP contribution is -2.28. The molecule has 80 valence electrons. The van der Waals surface area contributed by atoms with Crippen molar-refractivity contribution in [3.8, 4) is 6.07 Å². The molecule has 0 aromatic carbocycles. The van der Waals surface area contributed by atoms with Gasteiger partial charge in [-0.3, -0.25) is 10.3 Å². The Morgan fingerprint density at radius 1 is 1.40 bits per heavy atom. The van der Waals surface area contributed by atoms with Crippen LogP contribution in [0.25, 0.3) is 0 Å². The third-order valence-electron chi connectivity index (χ3n) is 2.16. The van der Waals surface area contributed by atoms with Crippen molar-refractivity contribution in [2.45, 2.75) is 32.9 Å². The maximum absolute atomic E-state index is 8.93. The quantitative estimate of drug-likeness (QED) is 0.797. The second kappa shape index (κ2) is 6.15. The first-order valence-corrected chi connectivity index (χ1v) is 5.24. The van der Waals surface area contributed by atoms with Gasteiger partial charge in [-0.1, -0.05) is 13.8 Å². The second-order valence-electron chi connectivity index (χ2n) is 4.05. The van der Waals surface area contributed by atoms with E-state index in [1.54, 1.807) is 12.4 Å². The highest BCUT2D eigenvalue weighted by Gasteiger charge is 2.08. The highest BCUT2D eigenvalue weighted by molar-refractivity contribution is 5.09. The van der Waals surface area contributed by atoms with Gasteiger partial charge in [-0.15, -0.1) is 0 Å². The first kappa shape index (κ1) is 11.7. The van der Waals surface area contributed by atoms with Crippen LogP contribution in [0.5, 0.6) is 0 Å². The molecule has 0 aliphatic rings. The van der Waals surface area contributed by atoms with Crippen molar-refractivity contribution in [2.24, 2.45) is 5.92 Å². The van der Waals surface area contributed by atoms with Crippen LogP contribution in [0.3, 0.4) is 0 Å². The zero-order chi connectivity index (χ0) is 11.1. The van der Waals surface area contributed by atoms with Crippen LogP contribution < -0.4 is 5.32 Å². The molecule has 1 heterocycles. The van der Waals surface area contributed by atoms with E-state index >= 15 is 0 Å². The minimum atomic E-state index is -0.0573. The molecule has 0 bridgehead atoms. The van der Waals surface area contributed by atoms with Crippen molar-refractivity contribution in [1.29, 1.82) is 5.26 Å². The molecular weight excluding hydrogens is 186 g/mol. The third-order valence-corrected chi connectivity index (χ3v) is 2.16. The predicted octanol–water partition coefficient (Wildman–Crippen LogP) is 2.11. The van der Waals surface area contributed by atoms with Crippen molar-refractivity contribution in [2.75, 3.05) is 0 Å². The Balaban J connectivity index is 2.39. The standard InChI is InChI=1S/C12H17N3/c1-10(2)7-12(8-13)15-9-11-3-5-14-6-4-11/h3-6,10,12,15H,7,9H2,1-2H3. The van der Waals surface area contributed by atoms with E-state index < -0.39 is 0 Å². The van der Waals surface area contributed by atoms with Gasteiger partial charge in [-0.2, -0.15) is 5.26 Å². The minimum Gasteiger partial charge on any atom is -0.298 e. The molecule has 0 saturated heterocycles. The second-order valence-corrected chi connectivity index (χ2v) is 4.05. The van der Waals surface area contributed by atoms with Gasteiger partial charge in [0, 0.05) is 18.9 Å². The monoisotopic (exact) mass is 203 g/mol.